The first-order valence-electron chi connectivity index (χ1n) is 7.20. The molecule has 0 bridgehead atoms. The predicted octanol–water partition coefficient (Wildman–Crippen LogP) is 0.598. The normalized spacial score (nSPS) is 9.88. The van der Waals surface area contributed by atoms with Crippen molar-refractivity contribution in [1.29, 1.82) is 5.26 Å². The van der Waals surface area contributed by atoms with E-state index in [1.54, 1.807) is 24.3 Å². The maximum atomic E-state index is 11.8. The second kappa shape index (κ2) is 7.78. The van der Waals surface area contributed by atoms with E-state index in [-0.39, 0.29) is 13.2 Å². The summed E-state index contributed by atoms with van der Waals surface area (Å²) in [6, 6.07) is 10.4. The molecule has 0 unspecified atom stereocenters. The largest absolute Gasteiger partial charge is 0.482 e. The first-order valence-corrected chi connectivity index (χ1v) is 7.20. The van der Waals surface area contributed by atoms with Gasteiger partial charge in [0.15, 0.2) is 6.61 Å². The van der Waals surface area contributed by atoms with Crippen LogP contribution in [0, 0.1) is 25.2 Å². The van der Waals surface area contributed by atoms with Crippen molar-refractivity contribution in [1.82, 2.24) is 20.6 Å². The number of hydrogen-bond donors (Lipinski definition) is 2. The molecule has 2 N–H and O–H groups in total. The van der Waals surface area contributed by atoms with Crippen LogP contribution in [0.3, 0.4) is 0 Å². The predicted molar refractivity (Wildman–Crippen MR) is 84.6 cm³/mol. The van der Waals surface area contributed by atoms with E-state index < -0.39 is 11.8 Å². The number of nitrogens with zero attached hydrogens (tertiary/aromatic N) is 3. The first kappa shape index (κ1) is 17.0. The summed E-state index contributed by atoms with van der Waals surface area (Å²) in [6.45, 7) is 3.35. The Bertz CT molecular complexity index is 791. The topological polar surface area (TPSA) is 109 Å². The molecule has 0 aliphatic carbocycles. The Balaban J connectivity index is 1.78. The van der Waals surface area contributed by atoms with Gasteiger partial charge in [0.25, 0.3) is 11.8 Å². The highest BCUT2D eigenvalue weighted by atomic mass is 16.5. The van der Waals surface area contributed by atoms with Crippen LogP contribution in [-0.4, -0.2) is 28.2 Å². The highest BCUT2D eigenvalue weighted by Crippen LogP contribution is 2.15. The van der Waals surface area contributed by atoms with Crippen molar-refractivity contribution in [2.45, 2.75) is 20.4 Å². The molecule has 0 spiro atoms. The zero-order valence-corrected chi connectivity index (χ0v) is 13.4. The van der Waals surface area contributed by atoms with Gasteiger partial charge < -0.3 is 4.74 Å². The molecule has 8 heteroatoms. The van der Waals surface area contributed by atoms with Crippen molar-refractivity contribution in [3.63, 3.8) is 0 Å². The summed E-state index contributed by atoms with van der Waals surface area (Å²) in [6.07, 6.45) is 0. The fraction of sp³-hybridized carbons (Fsp3) is 0.250. The number of aryl methyl sites for hydroxylation is 2. The summed E-state index contributed by atoms with van der Waals surface area (Å²) in [7, 11) is 0. The second-order valence-corrected chi connectivity index (χ2v) is 5.08. The van der Waals surface area contributed by atoms with Gasteiger partial charge in [0, 0.05) is 5.69 Å². The zero-order chi connectivity index (χ0) is 17.5. The lowest BCUT2D eigenvalue weighted by Crippen LogP contribution is -2.45. The maximum Gasteiger partial charge on any atom is 0.276 e. The maximum absolute atomic E-state index is 11.8. The third kappa shape index (κ3) is 4.58. The summed E-state index contributed by atoms with van der Waals surface area (Å²) in [5, 5.41) is 13.1. The highest BCUT2D eigenvalue weighted by molar-refractivity contribution is 5.82. The third-order valence-electron chi connectivity index (χ3n) is 3.10. The molecule has 0 radical (unpaired) electrons. The highest BCUT2D eigenvalue weighted by Gasteiger charge is 2.10. The average Bonchev–Trinajstić information content (AvgIpc) is 2.88. The summed E-state index contributed by atoms with van der Waals surface area (Å²) >= 11 is 0. The van der Waals surface area contributed by atoms with Crippen LogP contribution in [0.2, 0.25) is 0 Å². The number of hydrazine groups is 1. The van der Waals surface area contributed by atoms with Gasteiger partial charge in [-0.3, -0.25) is 25.1 Å². The van der Waals surface area contributed by atoms with Gasteiger partial charge in [0.1, 0.15) is 18.4 Å². The van der Waals surface area contributed by atoms with E-state index in [2.05, 4.69) is 16.0 Å². The first-order chi connectivity index (χ1) is 11.5. The molecule has 0 aliphatic rings. The van der Waals surface area contributed by atoms with E-state index in [1.807, 2.05) is 26.0 Å². The number of para-hydroxylation sites is 1. The van der Waals surface area contributed by atoms with Crippen LogP contribution in [-0.2, 0) is 16.1 Å². The molecule has 0 atom stereocenters. The van der Waals surface area contributed by atoms with E-state index in [0.717, 1.165) is 11.4 Å². The fourth-order valence-corrected chi connectivity index (χ4v) is 2.01. The Morgan fingerprint density at radius 3 is 2.62 bits per heavy atom. The number of ether oxygens (including phenoxy) is 1. The molecular weight excluding hydrogens is 310 g/mol. The van der Waals surface area contributed by atoms with Crippen LogP contribution in [0.4, 0.5) is 0 Å². The van der Waals surface area contributed by atoms with Crippen LogP contribution >= 0.6 is 0 Å². The number of rotatable bonds is 5. The summed E-state index contributed by atoms with van der Waals surface area (Å²) in [4.78, 5) is 23.5. The minimum atomic E-state index is -0.538. The number of benzene rings is 1. The molecule has 0 fully saturated rings. The van der Waals surface area contributed by atoms with Gasteiger partial charge in [-0.2, -0.15) is 10.4 Å². The quantitative estimate of drug-likeness (QED) is 0.782. The van der Waals surface area contributed by atoms with E-state index in [0.29, 0.717) is 11.3 Å². The molecule has 124 valence electrons. The molecule has 2 aromatic rings. The Morgan fingerprint density at radius 2 is 1.96 bits per heavy atom. The van der Waals surface area contributed by atoms with Crippen LogP contribution in [0.5, 0.6) is 5.75 Å². The molecular formula is C16H17N5O3. The van der Waals surface area contributed by atoms with E-state index >= 15 is 0 Å². The van der Waals surface area contributed by atoms with Crippen molar-refractivity contribution >= 4 is 11.8 Å². The van der Waals surface area contributed by atoms with Crippen LogP contribution in [0.15, 0.2) is 30.3 Å². The summed E-state index contributed by atoms with van der Waals surface area (Å²) in [5.41, 5.74) is 6.54. The van der Waals surface area contributed by atoms with Gasteiger partial charge >= 0.3 is 0 Å². The number of hydrogen-bond acceptors (Lipinski definition) is 5. The molecule has 1 aromatic heterocycles. The van der Waals surface area contributed by atoms with Crippen molar-refractivity contribution in [3.8, 4) is 11.8 Å². The van der Waals surface area contributed by atoms with Gasteiger partial charge in [-0.05, 0) is 32.0 Å². The lowest BCUT2D eigenvalue weighted by Gasteiger charge is -2.10. The Hall–Kier alpha value is -3.34. The fourth-order valence-electron chi connectivity index (χ4n) is 2.01. The van der Waals surface area contributed by atoms with Crippen LogP contribution in [0.25, 0.3) is 0 Å². The number of nitrogens with one attached hydrogen (secondary N) is 2. The standard InChI is InChI=1S/C16H17N5O3/c1-11-7-12(2)21(20-11)9-15(22)18-19-16(23)10-24-14-6-4-3-5-13(14)8-17/h3-7H,9-10H2,1-2H3,(H,18,22)(H,19,23). The molecule has 0 aliphatic heterocycles. The zero-order valence-electron chi connectivity index (χ0n) is 13.4. The lowest BCUT2D eigenvalue weighted by molar-refractivity contribution is -0.130. The van der Waals surface area contributed by atoms with Crippen molar-refractivity contribution in [2.24, 2.45) is 0 Å². The Labute approximate surface area is 139 Å². The minimum absolute atomic E-state index is 0.00191. The smallest absolute Gasteiger partial charge is 0.276 e. The van der Waals surface area contributed by atoms with Crippen LogP contribution in [0.1, 0.15) is 17.0 Å². The molecule has 2 amide bonds. The number of carbonyl (C=O) groups is 2. The number of nitriles is 1. The van der Waals surface area contributed by atoms with Gasteiger partial charge in [-0.15, -0.1) is 0 Å². The number of aromatic nitrogens is 2. The minimum Gasteiger partial charge on any atom is -0.482 e. The Kier molecular flexibility index (Phi) is 5.52. The van der Waals surface area contributed by atoms with Crippen LogP contribution < -0.4 is 15.6 Å². The van der Waals surface area contributed by atoms with Gasteiger partial charge in [0.05, 0.1) is 11.3 Å². The van der Waals surface area contributed by atoms with Crippen molar-refractivity contribution in [3.05, 3.63) is 47.3 Å². The molecule has 24 heavy (non-hydrogen) atoms. The monoisotopic (exact) mass is 327 g/mol. The average molecular weight is 327 g/mol. The van der Waals surface area contributed by atoms with E-state index in [4.69, 9.17) is 10.00 Å². The van der Waals surface area contributed by atoms with E-state index in [9.17, 15) is 9.59 Å². The molecule has 0 saturated heterocycles. The molecule has 1 heterocycles. The molecule has 0 saturated carbocycles. The third-order valence-corrected chi connectivity index (χ3v) is 3.10. The lowest BCUT2D eigenvalue weighted by atomic mass is 10.2. The number of amides is 2. The van der Waals surface area contributed by atoms with Gasteiger partial charge in [-0.25, -0.2) is 0 Å². The Morgan fingerprint density at radius 1 is 1.25 bits per heavy atom. The molecule has 2 rings (SSSR count). The summed E-state index contributed by atoms with van der Waals surface area (Å²) < 4.78 is 6.80. The van der Waals surface area contributed by atoms with Gasteiger partial charge in [-0.1, -0.05) is 12.1 Å². The second-order valence-electron chi connectivity index (χ2n) is 5.08. The molecule has 1 aromatic carbocycles. The number of carbonyl (C=O) groups excluding carboxylic acids is 2. The van der Waals surface area contributed by atoms with E-state index in [1.165, 1.54) is 4.68 Å². The SMILES string of the molecule is Cc1cc(C)n(CC(=O)NNC(=O)COc2ccccc2C#N)n1. The van der Waals surface area contributed by atoms with Crippen molar-refractivity contribution < 1.29 is 14.3 Å². The molecule has 8 nitrogen and oxygen atoms in total. The summed E-state index contributed by atoms with van der Waals surface area (Å²) in [5.74, 6) is -0.638. The van der Waals surface area contributed by atoms with Crippen molar-refractivity contribution in [2.75, 3.05) is 6.61 Å². The van der Waals surface area contributed by atoms with Gasteiger partial charge in [0.2, 0.25) is 0 Å².